The Morgan fingerprint density at radius 2 is 2.27 bits per heavy atom. The normalized spacial score (nSPS) is 21.4. The van der Waals surface area contributed by atoms with Crippen LogP contribution in [0.4, 0.5) is 5.69 Å². The molecule has 0 radical (unpaired) electrons. The van der Waals surface area contributed by atoms with Gasteiger partial charge in [-0.2, -0.15) is 0 Å². The molecule has 0 aliphatic carbocycles. The number of aliphatic hydroxyl groups is 1. The second-order valence-corrected chi connectivity index (χ2v) is 5.95. The Morgan fingerprint density at radius 1 is 1.45 bits per heavy atom. The van der Waals surface area contributed by atoms with Gasteiger partial charge in [0.2, 0.25) is 5.91 Å². The number of benzene rings is 1. The van der Waals surface area contributed by atoms with Gasteiger partial charge < -0.3 is 14.7 Å². The first-order valence-electron chi connectivity index (χ1n) is 7.23. The van der Waals surface area contributed by atoms with Crippen LogP contribution in [0.15, 0.2) is 18.2 Å². The molecule has 1 fully saturated rings. The quantitative estimate of drug-likeness (QED) is 0.882. The van der Waals surface area contributed by atoms with Gasteiger partial charge >= 0.3 is 0 Å². The van der Waals surface area contributed by atoms with Crippen molar-refractivity contribution in [2.75, 3.05) is 31.1 Å². The fraction of sp³-hybridized carbons (Fsp3) is 0.467. The predicted molar refractivity (Wildman–Crippen MR) is 81.1 cm³/mol. The van der Waals surface area contributed by atoms with Gasteiger partial charge in [0, 0.05) is 18.1 Å². The summed E-state index contributed by atoms with van der Waals surface area (Å²) >= 11 is 5.97. The molecule has 7 heteroatoms. The van der Waals surface area contributed by atoms with Crippen molar-refractivity contribution in [1.29, 1.82) is 0 Å². The van der Waals surface area contributed by atoms with Crippen molar-refractivity contribution in [2.24, 2.45) is 0 Å². The zero-order valence-electron chi connectivity index (χ0n) is 12.0. The van der Waals surface area contributed by atoms with Crippen LogP contribution in [-0.4, -0.2) is 54.2 Å². The highest BCUT2D eigenvalue weighted by atomic mass is 35.5. The summed E-state index contributed by atoms with van der Waals surface area (Å²) in [5.41, 5.74) is 0.509. The van der Waals surface area contributed by atoms with Crippen molar-refractivity contribution in [3.63, 3.8) is 0 Å². The number of fused-ring (bicyclic) bond motifs is 1. The number of nitrogens with zero attached hydrogens (tertiary/aromatic N) is 2. The summed E-state index contributed by atoms with van der Waals surface area (Å²) in [5.74, 6) is 0.0797. The number of piperidine rings is 1. The second-order valence-electron chi connectivity index (χ2n) is 5.52. The van der Waals surface area contributed by atoms with E-state index in [2.05, 4.69) is 0 Å². The maximum Gasteiger partial charge on any atom is 0.265 e. The number of anilines is 1. The number of ether oxygens (including phenoxy) is 1. The number of halogens is 1. The summed E-state index contributed by atoms with van der Waals surface area (Å²) in [6.45, 7) is 0.767. The number of aliphatic hydroxyl groups excluding tert-OH is 1. The second kappa shape index (κ2) is 6.14. The zero-order chi connectivity index (χ0) is 15.7. The Bertz CT molecular complexity index is 607. The van der Waals surface area contributed by atoms with Gasteiger partial charge in [-0.1, -0.05) is 11.6 Å². The molecule has 2 aliphatic rings. The van der Waals surface area contributed by atoms with E-state index >= 15 is 0 Å². The van der Waals surface area contributed by atoms with Crippen LogP contribution < -0.4 is 9.64 Å². The molecule has 6 nitrogen and oxygen atoms in total. The van der Waals surface area contributed by atoms with E-state index < -0.39 is 6.10 Å². The molecule has 118 valence electrons. The highest BCUT2D eigenvalue weighted by Crippen LogP contribution is 2.34. The minimum atomic E-state index is -0.486. The largest absolute Gasteiger partial charge is 0.482 e. The van der Waals surface area contributed by atoms with Gasteiger partial charge in [0.1, 0.15) is 12.3 Å². The van der Waals surface area contributed by atoms with E-state index in [0.717, 1.165) is 6.42 Å². The molecular formula is C15H17ClN2O4. The molecule has 22 heavy (non-hydrogen) atoms. The lowest BCUT2D eigenvalue weighted by molar-refractivity contribution is -0.134. The van der Waals surface area contributed by atoms with E-state index in [-0.39, 0.29) is 25.0 Å². The van der Waals surface area contributed by atoms with E-state index in [4.69, 9.17) is 16.3 Å². The van der Waals surface area contributed by atoms with Gasteiger partial charge in [-0.3, -0.25) is 14.5 Å². The highest BCUT2D eigenvalue weighted by Gasteiger charge is 2.30. The first-order chi connectivity index (χ1) is 10.5. The molecule has 1 saturated heterocycles. The maximum absolute atomic E-state index is 12.4. The summed E-state index contributed by atoms with van der Waals surface area (Å²) in [6, 6.07) is 4.98. The summed E-state index contributed by atoms with van der Waals surface area (Å²) in [4.78, 5) is 27.5. The third-order valence-corrected chi connectivity index (χ3v) is 4.14. The molecule has 1 aromatic rings. The van der Waals surface area contributed by atoms with Crippen LogP contribution in [0.25, 0.3) is 0 Å². The number of amides is 2. The molecule has 1 N–H and O–H groups in total. The average molecular weight is 325 g/mol. The van der Waals surface area contributed by atoms with Crippen LogP contribution in [0.2, 0.25) is 5.02 Å². The average Bonchev–Trinajstić information content (AvgIpc) is 2.50. The van der Waals surface area contributed by atoms with Crippen LogP contribution in [0.5, 0.6) is 5.75 Å². The Labute approximate surface area is 133 Å². The fourth-order valence-corrected chi connectivity index (χ4v) is 2.93. The molecule has 2 amide bonds. The van der Waals surface area contributed by atoms with Crippen molar-refractivity contribution in [2.45, 2.75) is 18.9 Å². The Hall–Kier alpha value is -1.79. The third-order valence-electron chi connectivity index (χ3n) is 3.91. The zero-order valence-corrected chi connectivity index (χ0v) is 12.8. The molecule has 1 atom stereocenters. The lowest BCUT2D eigenvalue weighted by atomic mass is 10.1. The van der Waals surface area contributed by atoms with Crippen LogP contribution in [0, 0.1) is 0 Å². The Kier molecular flexibility index (Phi) is 4.22. The van der Waals surface area contributed by atoms with Gasteiger partial charge in [-0.15, -0.1) is 0 Å². The first-order valence-corrected chi connectivity index (χ1v) is 7.61. The fourth-order valence-electron chi connectivity index (χ4n) is 2.77. The number of rotatable bonds is 2. The van der Waals surface area contributed by atoms with Gasteiger partial charge in [0.25, 0.3) is 5.91 Å². The molecule has 2 aliphatic heterocycles. The molecule has 0 aromatic heterocycles. The number of hydrogen-bond donors (Lipinski definition) is 1. The first kappa shape index (κ1) is 15.1. The molecule has 2 heterocycles. The minimum Gasteiger partial charge on any atom is -0.482 e. The topological polar surface area (TPSA) is 70.1 Å². The summed E-state index contributed by atoms with van der Waals surface area (Å²) in [5, 5.41) is 10.1. The number of carbonyl (C=O) groups is 2. The summed E-state index contributed by atoms with van der Waals surface area (Å²) in [6.07, 6.45) is 0.991. The van der Waals surface area contributed by atoms with E-state index in [1.807, 2.05) is 0 Å². The smallest absolute Gasteiger partial charge is 0.265 e. The minimum absolute atomic E-state index is 0.0672. The summed E-state index contributed by atoms with van der Waals surface area (Å²) < 4.78 is 5.35. The third kappa shape index (κ3) is 3.03. The number of β-amino-alcohol motifs (C(OH)–C–C–N with tert-alkyl or cyclic N) is 1. The molecule has 1 aromatic carbocycles. The van der Waals surface area contributed by atoms with Crippen molar-refractivity contribution < 1.29 is 19.4 Å². The maximum atomic E-state index is 12.4. The Balaban J connectivity index is 1.78. The number of likely N-dealkylation sites (tertiary alicyclic amines) is 1. The van der Waals surface area contributed by atoms with Crippen molar-refractivity contribution >= 4 is 29.1 Å². The van der Waals surface area contributed by atoms with Crippen LogP contribution in [-0.2, 0) is 9.59 Å². The van der Waals surface area contributed by atoms with Gasteiger partial charge in [0.05, 0.1) is 11.8 Å². The molecule has 3 rings (SSSR count). The lowest BCUT2D eigenvalue weighted by Gasteiger charge is -2.34. The molecule has 0 spiro atoms. The lowest BCUT2D eigenvalue weighted by Crippen LogP contribution is -2.49. The van der Waals surface area contributed by atoms with Crippen molar-refractivity contribution in [3.8, 4) is 5.75 Å². The van der Waals surface area contributed by atoms with Gasteiger partial charge in [-0.05, 0) is 31.0 Å². The standard InChI is InChI=1S/C15H17ClN2O4/c16-10-3-4-13-12(6-10)18(15(21)9-22-13)8-14(20)17-5-1-2-11(19)7-17/h3-4,6,11,19H,1-2,5,7-9H2/t11-/m0/s1. The van der Waals surface area contributed by atoms with Gasteiger partial charge in [0.15, 0.2) is 6.61 Å². The predicted octanol–water partition coefficient (Wildman–Crippen LogP) is 1.05. The van der Waals surface area contributed by atoms with Gasteiger partial charge in [-0.25, -0.2) is 0 Å². The highest BCUT2D eigenvalue weighted by molar-refractivity contribution is 6.31. The van der Waals surface area contributed by atoms with E-state index in [1.165, 1.54) is 4.90 Å². The number of carbonyl (C=O) groups excluding carboxylic acids is 2. The van der Waals surface area contributed by atoms with Crippen molar-refractivity contribution in [3.05, 3.63) is 23.2 Å². The van der Waals surface area contributed by atoms with E-state index in [0.29, 0.717) is 36.0 Å². The molecular weight excluding hydrogens is 308 g/mol. The Morgan fingerprint density at radius 3 is 3.05 bits per heavy atom. The summed E-state index contributed by atoms with van der Waals surface area (Å²) in [7, 11) is 0. The molecule has 0 bridgehead atoms. The van der Waals surface area contributed by atoms with Crippen LogP contribution in [0.1, 0.15) is 12.8 Å². The van der Waals surface area contributed by atoms with E-state index in [1.54, 1.807) is 23.1 Å². The SMILES string of the molecule is O=C(CN1C(=O)COc2ccc(Cl)cc21)N1CCC[C@H](O)C1. The molecule has 0 saturated carbocycles. The van der Waals surface area contributed by atoms with Crippen molar-refractivity contribution in [1.82, 2.24) is 4.90 Å². The monoisotopic (exact) mass is 324 g/mol. The van der Waals surface area contributed by atoms with E-state index in [9.17, 15) is 14.7 Å². The number of hydrogen-bond acceptors (Lipinski definition) is 4. The van der Waals surface area contributed by atoms with Crippen LogP contribution in [0.3, 0.4) is 0 Å². The molecule has 0 unspecified atom stereocenters. The van der Waals surface area contributed by atoms with Crippen LogP contribution >= 0.6 is 11.6 Å².